The third-order valence-electron chi connectivity index (χ3n) is 6.69. The van der Waals surface area contributed by atoms with Crippen molar-refractivity contribution in [3.8, 4) is 5.75 Å². The predicted octanol–water partition coefficient (Wildman–Crippen LogP) is 3.06. The van der Waals surface area contributed by atoms with Gasteiger partial charge in [-0.15, -0.1) is 0 Å². The molecule has 2 amide bonds. The van der Waals surface area contributed by atoms with Gasteiger partial charge in [-0.05, 0) is 66.5 Å². The summed E-state index contributed by atoms with van der Waals surface area (Å²) in [5.74, 6) is 0.770. The van der Waals surface area contributed by atoms with Gasteiger partial charge in [-0.1, -0.05) is 12.2 Å². The Morgan fingerprint density at radius 2 is 1.61 bits per heavy atom. The van der Waals surface area contributed by atoms with E-state index in [4.69, 9.17) is 9.15 Å². The number of ether oxygens (including phenoxy) is 1. The van der Waals surface area contributed by atoms with E-state index in [-0.39, 0.29) is 41.2 Å². The van der Waals surface area contributed by atoms with Crippen LogP contribution in [0.15, 0.2) is 59.2 Å². The molecular formula is C22H17NO5. The number of hydrogen-bond acceptors (Lipinski definition) is 5. The van der Waals surface area contributed by atoms with E-state index in [0.717, 1.165) is 6.42 Å². The molecule has 140 valence electrons. The number of carbonyl (C=O) groups is 3. The Balaban J connectivity index is 1.25. The van der Waals surface area contributed by atoms with Gasteiger partial charge in [-0.25, -0.2) is 4.79 Å². The Hall–Kier alpha value is -3.15. The SMILES string of the molecule is O=C(Oc1ccc(N2C(=O)[C@@H]3[C@H]4C=C[C@@H]([C@@H]5C[C@@H]45)[C@H]3C2=O)cc1)c1ccco1. The van der Waals surface area contributed by atoms with Gasteiger partial charge in [-0.3, -0.25) is 14.5 Å². The van der Waals surface area contributed by atoms with Crippen molar-refractivity contribution < 1.29 is 23.5 Å². The van der Waals surface area contributed by atoms with Crippen LogP contribution in [0.1, 0.15) is 17.0 Å². The van der Waals surface area contributed by atoms with Gasteiger partial charge in [0.25, 0.3) is 0 Å². The normalized spacial score (nSPS) is 34.4. The molecule has 28 heavy (non-hydrogen) atoms. The Bertz CT molecular complexity index is 986. The van der Waals surface area contributed by atoms with Crippen molar-refractivity contribution in [1.29, 1.82) is 0 Å². The molecule has 6 heteroatoms. The number of nitrogens with zero attached hydrogens (tertiary/aromatic N) is 1. The molecule has 2 aromatic rings. The first kappa shape index (κ1) is 15.9. The number of allylic oxidation sites excluding steroid dienone is 2. The van der Waals surface area contributed by atoms with Crippen LogP contribution in [0.4, 0.5) is 5.69 Å². The van der Waals surface area contributed by atoms with E-state index in [1.807, 2.05) is 0 Å². The van der Waals surface area contributed by atoms with E-state index >= 15 is 0 Å². The summed E-state index contributed by atoms with van der Waals surface area (Å²) in [7, 11) is 0. The zero-order valence-electron chi connectivity index (χ0n) is 14.9. The lowest BCUT2D eigenvalue weighted by Gasteiger charge is -2.37. The van der Waals surface area contributed by atoms with Crippen molar-refractivity contribution in [2.24, 2.45) is 35.5 Å². The number of anilines is 1. The highest BCUT2D eigenvalue weighted by Crippen LogP contribution is 2.65. The highest BCUT2D eigenvalue weighted by Gasteiger charge is 2.67. The summed E-state index contributed by atoms with van der Waals surface area (Å²) in [5.41, 5.74) is 0.523. The maximum atomic E-state index is 13.1. The van der Waals surface area contributed by atoms with Gasteiger partial charge < -0.3 is 9.15 Å². The first-order valence-electron chi connectivity index (χ1n) is 9.55. The van der Waals surface area contributed by atoms with Crippen LogP contribution in [0, 0.1) is 35.5 Å². The summed E-state index contributed by atoms with van der Waals surface area (Å²) >= 11 is 0. The Morgan fingerprint density at radius 1 is 0.964 bits per heavy atom. The van der Waals surface area contributed by atoms with E-state index in [1.165, 1.54) is 17.2 Å². The van der Waals surface area contributed by atoms with Crippen LogP contribution >= 0.6 is 0 Å². The number of imide groups is 1. The first-order chi connectivity index (χ1) is 13.6. The second-order valence-electron chi connectivity index (χ2n) is 8.03. The van der Waals surface area contributed by atoms with Gasteiger partial charge in [0.2, 0.25) is 17.6 Å². The minimum atomic E-state index is -0.598. The van der Waals surface area contributed by atoms with Crippen molar-refractivity contribution in [2.45, 2.75) is 6.42 Å². The number of hydrogen-bond donors (Lipinski definition) is 0. The number of carbonyl (C=O) groups excluding carboxylic acids is 3. The van der Waals surface area contributed by atoms with Crippen LogP contribution in [0.25, 0.3) is 0 Å². The smallest absolute Gasteiger partial charge is 0.379 e. The molecular weight excluding hydrogens is 358 g/mol. The number of esters is 1. The average molecular weight is 375 g/mol. The molecule has 5 aliphatic rings. The molecule has 2 bridgehead atoms. The third-order valence-corrected chi connectivity index (χ3v) is 6.69. The van der Waals surface area contributed by atoms with Gasteiger partial charge in [0, 0.05) is 0 Å². The number of benzene rings is 1. The average Bonchev–Trinajstić information content (AvgIpc) is 3.27. The summed E-state index contributed by atoms with van der Waals surface area (Å²) < 4.78 is 10.3. The van der Waals surface area contributed by atoms with E-state index in [2.05, 4.69) is 12.2 Å². The second-order valence-corrected chi connectivity index (χ2v) is 8.03. The predicted molar refractivity (Wildman–Crippen MR) is 97.3 cm³/mol. The van der Waals surface area contributed by atoms with Crippen molar-refractivity contribution in [1.82, 2.24) is 0 Å². The first-order valence-corrected chi connectivity index (χ1v) is 9.55. The molecule has 7 rings (SSSR count). The maximum absolute atomic E-state index is 13.1. The standard InChI is InChI=1S/C22H17NO5/c24-20-18-13-7-8-14(16-10-15(13)16)19(18)21(25)23(20)11-3-5-12(6-4-11)28-22(26)17-2-1-9-27-17/h1-9,13-16,18-19H,10H2/t13-,14-,15-,16-,18+,19+/m0/s1. The maximum Gasteiger partial charge on any atom is 0.379 e. The Morgan fingerprint density at radius 3 is 2.18 bits per heavy atom. The van der Waals surface area contributed by atoms with Gasteiger partial charge in [-0.2, -0.15) is 0 Å². The number of furan rings is 1. The van der Waals surface area contributed by atoms with E-state index in [9.17, 15) is 14.4 Å². The van der Waals surface area contributed by atoms with Crippen molar-refractivity contribution in [2.75, 3.05) is 4.90 Å². The van der Waals surface area contributed by atoms with Crippen LogP contribution in [-0.2, 0) is 9.59 Å². The van der Waals surface area contributed by atoms with Gasteiger partial charge >= 0.3 is 5.97 Å². The molecule has 0 radical (unpaired) electrons. The van der Waals surface area contributed by atoms with Crippen molar-refractivity contribution in [3.63, 3.8) is 0 Å². The van der Waals surface area contributed by atoms with Crippen LogP contribution in [0.2, 0.25) is 0 Å². The van der Waals surface area contributed by atoms with Crippen LogP contribution < -0.4 is 9.64 Å². The molecule has 1 aliphatic heterocycles. The molecule has 1 aromatic carbocycles. The summed E-state index contributed by atoms with van der Waals surface area (Å²) in [6.45, 7) is 0. The quantitative estimate of drug-likeness (QED) is 0.357. The second kappa shape index (κ2) is 5.44. The fourth-order valence-corrected chi connectivity index (χ4v) is 5.43. The van der Waals surface area contributed by atoms with Gasteiger partial charge in [0.05, 0.1) is 23.8 Å². The lowest BCUT2D eigenvalue weighted by molar-refractivity contribution is -0.124. The highest BCUT2D eigenvalue weighted by atomic mass is 16.5. The molecule has 6 atom stereocenters. The van der Waals surface area contributed by atoms with Crippen LogP contribution in [0.5, 0.6) is 5.75 Å². The Labute approximate surface area is 160 Å². The van der Waals surface area contributed by atoms with Crippen LogP contribution in [-0.4, -0.2) is 17.8 Å². The molecule has 4 aliphatic carbocycles. The topological polar surface area (TPSA) is 76.8 Å². The van der Waals surface area contributed by atoms with Gasteiger partial charge in [0.15, 0.2) is 0 Å². The zero-order valence-corrected chi connectivity index (χ0v) is 14.9. The largest absolute Gasteiger partial charge is 0.457 e. The molecule has 2 heterocycles. The molecule has 1 saturated heterocycles. The molecule has 0 N–H and O–H groups in total. The van der Waals surface area contributed by atoms with Crippen LogP contribution in [0.3, 0.4) is 0 Å². The molecule has 2 saturated carbocycles. The summed E-state index contributed by atoms with van der Waals surface area (Å²) in [4.78, 5) is 39.5. The van der Waals surface area contributed by atoms with Crippen molar-refractivity contribution >= 4 is 23.5 Å². The molecule has 3 fully saturated rings. The van der Waals surface area contributed by atoms with E-state index in [1.54, 1.807) is 30.3 Å². The minimum Gasteiger partial charge on any atom is -0.457 e. The molecule has 1 aromatic heterocycles. The third kappa shape index (κ3) is 2.06. The fraction of sp³-hybridized carbons (Fsp3) is 0.318. The zero-order chi connectivity index (χ0) is 19.0. The lowest BCUT2D eigenvalue weighted by atomic mass is 9.63. The summed E-state index contributed by atoms with van der Waals surface area (Å²) in [6.07, 6.45) is 6.86. The monoisotopic (exact) mass is 375 g/mol. The highest BCUT2D eigenvalue weighted by molar-refractivity contribution is 6.22. The summed E-state index contributed by atoms with van der Waals surface area (Å²) in [6, 6.07) is 9.59. The number of amides is 2. The van der Waals surface area contributed by atoms with Gasteiger partial charge in [0.1, 0.15) is 5.75 Å². The molecule has 6 nitrogen and oxygen atoms in total. The van der Waals surface area contributed by atoms with E-state index in [0.29, 0.717) is 23.3 Å². The molecule has 0 unspecified atom stereocenters. The van der Waals surface area contributed by atoms with E-state index < -0.39 is 5.97 Å². The minimum absolute atomic E-state index is 0.0972. The lowest BCUT2D eigenvalue weighted by Crippen LogP contribution is -2.40. The summed E-state index contributed by atoms with van der Waals surface area (Å²) in [5, 5.41) is 0. The van der Waals surface area contributed by atoms with Crippen molar-refractivity contribution in [3.05, 3.63) is 60.6 Å². The fourth-order valence-electron chi connectivity index (χ4n) is 5.43. The molecule has 0 spiro atoms. The Kier molecular flexibility index (Phi) is 3.08. The number of rotatable bonds is 3.